The third-order valence-corrected chi connectivity index (χ3v) is 3.50. The number of hydrogen-bond acceptors (Lipinski definition) is 4. The molecule has 0 saturated carbocycles. The summed E-state index contributed by atoms with van der Waals surface area (Å²) in [6.45, 7) is 2.27. The highest BCUT2D eigenvalue weighted by Crippen LogP contribution is 2.07. The first-order valence-corrected chi connectivity index (χ1v) is 6.58. The van der Waals surface area contributed by atoms with Gasteiger partial charge in [0.05, 0.1) is 12.6 Å². The molecule has 5 nitrogen and oxygen atoms in total. The molecule has 1 aliphatic rings. The Labute approximate surface area is 99.0 Å². The number of aromatic nitrogens is 2. The lowest BCUT2D eigenvalue weighted by Gasteiger charge is -2.22. The molecule has 1 aliphatic heterocycles. The molecule has 16 heavy (non-hydrogen) atoms. The van der Waals surface area contributed by atoms with Gasteiger partial charge in [0.15, 0.2) is 0 Å². The number of nitrogens with zero attached hydrogens (tertiary/aromatic N) is 2. The van der Waals surface area contributed by atoms with Gasteiger partial charge in [0, 0.05) is 37.0 Å². The summed E-state index contributed by atoms with van der Waals surface area (Å²) in [6.07, 6.45) is 3.63. The van der Waals surface area contributed by atoms with Crippen molar-refractivity contribution in [2.75, 3.05) is 24.6 Å². The zero-order chi connectivity index (χ0) is 11.2. The lowest BCUT2D eigenvalue weighted by molar-refractivity contribution is -0.122. The van der Waals surface area contributed by atoms with Crippen LogP contribution in [0.1, 0.15) is 0 Å². The summed E-state index contributed by atoms with van der Waals surface area (Å²) < 4.78 is 1.81. The van der Waals surface area contributed by atoms with E-state index >= 15 is 0 Å². The van der Waals surface area contributed by atoms with Gasteiger partial charge in [-0.15, -0.1) is 0 Å². The molecule has 1 amide bonds. The molecular weight excluding hydrogens is 224 g/mol. The molecule has 0 aromatic carbocycles. The van der Waals surface area contributed by atoms with Crippen molar-refractivity contribution in [1.29, 1.82) is 0 Å². The first-order chi connectivity index (χ1) is 7.86. The second kappa shape index (κ2) is 5.91. The van der Waals surface area contributed by atoms with Gasteiger partial charge in [-0.05, 0) is 6.07 Å². The zero-order valence-electron chi connectivity index (χ0n) is 9.06. The molecule has 88 valence electrons. The first kappa shape index (κ1) is 11.5. The van der Waals surface area contributed by atoms with Gasteiger partial charge in [-0.1, -0.05) is 0 Å². The molecule has 0 spiro atoms. The normalized spacial score (nSPS) is 20.6. The summed E-state index contributed by atoms with van der Waals surface area (Å²) in [5, 5.41) is 10.2. The number of nitrogens with one attached hydrogen (secondary N) is 2. The van der Waals surface area contributed by atoms with E-state index in [-0.39, 0.29) is 11.9 Å². The van der Waals surface area contributed by atoms with Crippen molar-refractivity contribution < 1.29 is 4.79 Å². The summed E-state index contributed by atoms with van der Waals surface area (Å²) in [4.78, 5) is 11.7. The smallest absolute Gasteiger partial charge is 0.238 e. The van der Waals surface area contributed by atoms with Crippen LogP contribution in [0.3, 0.4) is 0 Å². The van der Waals surface area contributed by atoms with Gasteiger partial charge in [-0.25, -0.2) is 0 Å². The number of rotatable bonds is 4. The minimum absolute atomic E-state index is 0.0311. The maximum absolute atomic E-state index is 11.7. The molecule has 2 N–H and O–H groups in total. The Kier molecular flexibility index (Phi) is 4.24. The van der Waals surface area contributed by atoms with Crippen molar-refractivity contribution in [2.24, 2.45) is 0 Å². The van der Waals surface area contributed by atoms with Crippen LogP contribution >= 0.6 is 11.8 Å². The molecule has 2 rings (SSSR count). The summed E-state index contributed by atoms with van der Waals surface area (Å²) in [7, 11) is 0. The summed E-state index contributed by atoms with van der Waals surface area (Å²) in [5.41, 5.74) is 0. The van der Waals surface area contributed by atoms with Crippen LogP contribution in [0, 0.1) is 0 Å². The molecule has 1 atom stereocenters. The van der Waals surface area contributed by atoms with Crippen molar-refractivity contribution in [1.82, 2.24) is 20.4 Å². The highest BCUT2D eigenvalue weighted by molar-refractivity contribution is 7.99. The Morgan fingerprint density at radius 3 is 3.31 bits per heavy atom. The molecule has 2 heterocycles. The molecule has 1 aromatic rings. The van der Waals surface area contributed by atoms with Crippen LogP contribution < -0.4 is 10.6 Å². The number of carbonyl (C=O) groups excluding carboxylic acids is 1. The Hall–Kier alpha value is -1.01. The summed E-state index contributed by atoms with van der Waals surface area (Å²) in [6, 6.07) is 1.85. The van der Waals surface area contributed by atoms with Gasteiger partial charge in [0.25, 0.3) is 0 Å². The first-order valence-electron chi connectivity index (χ1n) is 5.42. The van der Waals surface area contributed by atoms with Gasteiger partial charge in [0.1, 0.15) is 0 Å². The number of carbonyl (C=O) groups is 1. The third-order valence-electron chi connectivity index (χ3n) is 2.44. The SMILES string of the molecule is O=C(NCCn1cccn1)C1CSCCN1. The quantitative estimate of drug-likeness (QED) is 0.759. The molecule has 1 aromatic heterocycles. The highest BCUT2D eigenvalue weighted by Gasteiger charge is 2.19. The van der Waals surface area contributed by atoms with Gasteiger partial charge in [-0.2, -0.15) is 16.9 Å². The molecule has 1 fully saturated rings. The Balaban J connectivity index is 1.67. The van der Waals surface area contributed by atoms with E-state index in [0.717, 1.165) is 24.6 Å². The minimum Gasteiger partial charge on any atom is -0.353 e. The van der Waals surface area contributed by atoms with Gasteiger partial charge in [0.2, 0.25) is 5.91 Å². The highest BCUT2D eigenvalue weighted by atomic mass is 32.2. The van der Waals surface area contributed by atoms with E-state index in [1.54, 1.807) is 6.20 Å². The molecule has 1 unspecified atom stereocenters. The fraction of sp³-hybridized carbons (Fsp3) is 0.600. The predicted octanol–water partition coefficient (Wildman–Crippen LogP) is -0.296. The van der Waals surface area contributed by atoms with Crippen LogP contribution in [0.4, 0.5) is 0 Å². The maximum Gasteiger partial charge on any atom is 0.238 e. The van der Waals surface area contributed by atoms with E-state index in [1.807, 2.05) is 28.7 Å². The monoisotopic (exact) mass is 240 g/mol. The van der Waals surface area contributed by atoms with Crippen molar-refractivity contribution in [3.63, 3.8) is 0 Å². The van der Waals surface area contributed by atoms with E-state index in [2.05, 4.69) is 15.7 Å². The van der Waals surface area contributed by atoms with Gasteiger partial charge in [-0.3, -0.25) is 9.48 Å². The standard InChI is InChI=1S/C10H16N4OS/c15-10(9-8-16-7-4-11-9)12-3-6-14-5-1-2-13-14/h1-2,5,9,11H,3-4,6-8H2,(H,12,15). The van der Waals surface area contributed by atoms with E-state index in [9.17, 15) is 4.79 Å². The maximum atomic E-state index is 11.7. The predicted molar refractivity (Wildman–Crippen MR) is 64.4 cm³/mol. The van der Waals surface area contributed by atoms with Crippen LogP contribution in [0.15, 0.2) is 18.5 Å². The fourth-order valence-electron chi connectivity index (χ4n) is 1.58. The van der Waals surface area contributed by atoms with Gasteiger partial charge < -0.3 is 10.6 Å². The zero-order valence-corrected chi connectivity index (χ0v) is 9.87. The van der Waals surface area contributed by atoms with Crippen molar-refractivity contribution in [3.05, 3.63) is 18.5 Å². The largest absolute Gasteiger partial charge is 0.353 e. The molecular formula is C10H16N4OS. The number of hydrogen-bond donors (Lipinski definition) is 2. The number of amides is 1. The lowest BCUT2D eigenvalue weighted by Crippen LogP contribution is -2.49. The molecule has 0 radical (unpaired) electrons. The number of thioether (sulfide) groups is 1. The van der Waals surface area contributed by atoms with E-state index < -0.39 is 0 Å². The topological polar surface area (TPSA) is 59.0 Å². The van der Waals surface area contributed by atoms with Gasteiger partial charge >= 0.3 is 0 Å². The molecule has 0 bridgehead atoms. The molecule has 0 aliphatic carbocycles. The van der Waals surface area contributed by atoms with Crippen LogP contribution in [0.5, 0.6) is 0 Å². The van der Waals surface area contributed by atoms with Crippen LogP contribution in [0.25, 0.3) is 0 Å². The summed E-state index contributed by atoms with van der Waals surface area (Å²) in [5.74, 6) is 2.06. The third kappa shape index (κ3) is 3.24. The van der Waals surface area contributed by atoms with Crippen molar-refractivity contribution in [2.45, 2.75) is 12.6 Å². The average molecular weight is 240 g/mol. The van der Waals surface area contributed by atoms with Crippen LogP contribution in [0.2, 0.25) is 0 Å². The molecule has 1 saturated heterocycles. The second-order valence-corrected chi connectivity index (χ2v) is 4.79. The Morgan fingerprint density at radius 2 is 2.62 bits per heavy atom. The Morgan fingerprint density at radius 1 is 1.69 bits per heavy atom. The molecule has 6 heteroatoms. The lowest BCUT2D eigenvalue weighted by atomic mass is 10.3. The van der Waals surface area contributed by atoms with Crippen molar-refractivity contribution in [3.8, 4) is 0 Å². The summed E-state index contributed by atoms with van der Waals surface area (Å²) >= 11 is 1.82. The second-order valence-electron chi connectivity index (χ2n) is 3.64. The van der Waals surface area contributed by atoms with E-state index in [4.69, 9.17) is 0 Å². The minimum atomic E-state index is -0.0311. The van der Waals surface area contributed by atoms with E-state index in [0.29, 0.717) is 6.54 Å². The fourth-order valence-corrected chi connectivity index (χ4v) is 2.52. The Bertz CT molecular complexity index is 322. The van der Waals surface area contributed by atoms with Crippen LogP contribution in [-0.2, 0) is 11.3 Å². The van der Waals surface area contributed by atoms with Crippen LogP contribution in [-0.4, -0.2) is 46.3 Å². The van der Waals surface area contributed by atoms with E-state index in [1.165, 1.54) is 0 Å². The average Bonchev–Trinajstić information content (AvgIpc) is 2.83. The van der Waals surface area contributed by atoms with Crippen molar-refractivity contribution >= 4 is 17.7 Å².